The molecule has 0 spiro atoms. The Hall–Kier alpha value is -4.20. The number of aliphatic hydroxyl groups is 1. The van der Waals surface area contributed by atoms with Crippen molar-refractivity contribution in [1.82, 2.24) is 14.9 Å². The van der Waals surface area contributed by atoms with Crippen LogP contribution in [0.4, 0.5) is 13.2 Å². The molecule has 0 saturated heterocycles. The molecular weight excluding hydrogens is 563 g/mol. The number of fused-ring (bicyclic) bond motifs is 1. The van der Waals surface area contributed by atoms with Crippen molar-refractivity contribution >= 4 is 17.2 Å². The summed E-state index contributed by atoms with van der Waals surface area (Å²) in [5.74, 6) is 6.21. The summed E-state index contributed by atoms with van der Waals surface area (Å²) in [7, 11) is 0. The summed E-state index contributed by atoms with van der Waals surface area (Å²) in [6.45, 7) is 0.150. The van der Waals surface area contributed by atoms with E-state index in [1.165, 1.54) is 11.0 Å². The van der Waals surface area contributed by atoms with Crippen LogP contribution in [0.1, 0.15) is 69.6 Å². The lowest BCUT2D eigenvalue weighted by Gasteiger charge is -2.24. The predicted octanol–water partition coefficient (Wildman–Crippen LogP) is 5.34. The molecule has 0 bridgehead atoms. The van der Waals surface area contributed by atoms with Gasteiger partial charge in [0.2, 0.25) is 0 Å². The van der Waals surface area contributed by atoms with E-state index >= 15 is 0 Å². The second kappa shape index (κ2) is 10.9. The zero-order chi connectivity index (χ0) is 29.5. The van der Waals surface area contributed by atoms with E-state index in [4.69, 9.17) is 4.98 Å². The Bertz CT molecular complexity index is 1760. The number of H-pyrrole nitrogens is 1. The van der Waals surface area contributed by atoms with Crippen LogP contribution in [0, 0.1) is 11.8 Å². The van der Waals surface area contributed by atoms with Crippen molar-refractivity contribution in [3.8, 4) is 11.8 Å². The topological polar surface area (TPSA) is 86.3 Å². The number of aliphatic hydroxyl groups excluding tert-OH is 1. The number of aryl methyl sites for hydroxylation is 1. The fourth-order valence-electron chi connectivity index (χ4n) is 5.28. The lowest BCUT2D eigenvalue weighted by molar-refractivity contribution is -0.142. The molecule has 0 radical (unpaired) electrons. The maximum Gasteiger partial charge on any atom is 0.416 e. The molecule has 6 nitrogen and oxygen atoms in total. The number of nitrogens with zero attached hydrogens (tertiary/aromatic N) is 2. The molecule has 1 aliphatic heterocycles. The number of carbonyl (C=O) groups is 1. The predicted molar refractivity (Wildman–Crippen MR) is 152 cm³/mol. The fraction of sp³-hybridized carbons (Fsp3) is 0.281. The zero-order valence-electron chi connectivity index (χ0n) is 22.4. The number of hydrogen-bond donors (Lipinski definition) is 2. The Labute approximate surface area is 243 Å². The van der Waals surface area contributed by atoms with E-state index in [-0.39, 0.29) is 29.6 Å². The van der Waals surface area contributed by atoms with Crippen molar-refractivity contribution in [3.05, 3.63) is 121 Å². The molecule has 1 amide bonds. The van der Waals surface area contributed by atoms with Gasteiger partial charge in [0.05, 0.1) is 28.8 Å². The first-order valence-electron chi connectivity index (χ1n) is 13.6. The molecule has 1 atom stereocenters. The number of hydrogen-bond acceptors (Lipinski definition) is 5. The highest BCUT2D eigenvalue weighted by atomic mass is 32.1. The zero-order valence-corrected chi connectivity index (χ0v) is 23.2. The summed E-state index contributed by atoms with van der Waals surface area (Å²) in [4.78, 5) is 36.7. The van der Waals surface area contributed by atoms with E-state index in [2.05, 4.69) is 22.9 Å². The average Bonchev–Trinajstić information content (AvgIpc) is 3.71. The minimum atomic E-state index is -4.60. The summed E-state index contributed by atoms with van der Waals surface area (Å²) < 4.78 is 39.5. The number of aromatic nitrogens is 2. The van der Waals surface area contributed by atoms with E-state index < -0.39 is 23.8 Å². The van der Waals surface area contributed by atoms with Gasteiger partial charge in [-0.1, -0.05) is 42.2 Å². The number of aromatic amines is 1. The van der Waals surface area contributed by atoms with Crippen LogP contribution >= 0.6 is 11.3 Å². The summed E-state index contributed by atoms with van der Waals surface area (Å²) in [6.07, 6.45) is -3.74. The number of alkyl halides is 3. The molecule has 3 heterocycles. The fourth-order valence-corrected chi connectivity index (χ4v) is 6.38. The Morgan fingerprint density at radius 3 is 2.57 bits per heavy atom. The van der Waals surface area contributed by atoms with Gasteiger partial charge in [-0.25, -0.2) is 4.98 Å². The second-order valence-corrected chi connectivity index (χ2v) is 11.5. The lowest BCUT2D eigenvalue weighted by atomic mass is 10.0. The van der Waals surface area contributed by atoms with E-state index in [1.807, 2.05) is 35.7 Å². The summed E-state index contributed by atoms with van der Waals surface area (Å²) in [5.41, 5.74) is 0.927. The van der Waals surface area contributed by atoms with Crippen LogP contribution in [0.3, 0.4) is 0 Å². The monoisotopic (exact) mass is 589 g/mol. The number of carbonyl (C=O) groups excluding carboxylic acids is 1. The number of amides is 1. The molecule has 6 rings (SSSR count). The lowest BCUT2D eigenvalue weighted by Crippen LogP contribution is -2.36. The number of halogens is 3. The molecule has 1 aliphatic carbocycles. The van der Waals surface area contributed by atoms with Crippen molar-refractivity contribution in [1.29, 1.82) is 0 Å². The van der Waals surface area contributed by atoms with Crippen LogP contribution in [-0.4, -0.2) is 32.4 Å². The van der Waals surface area contributed by atoms with Crippen molar-refractivity contribution in [2.45, 2.75) is 49.9 Å². The van der Waals surface area contributed by atoms with Gasteiger partial charge in [-0.3, -0.25) is 9.59 Å². The van der Waals surface area contributed by atoms with E-state index in [1.54, 1.807) is 11.3 Å². The van der Waals surface area contributed by atoms with Crippen LogP contribution in [0.15, 0.2) is 70.8 Å². The standard InChI is InChI=1S/C32H26F3N3O3S/c33-32(34,35)23-9-4-8-22(17-23)27(39)29(41)38-15-5-10-25-24(18-38)28(40)37-30(36-25)31(13-14-31)26-16-21(19-42-26)12-11-20-6-2-1-3-7-20/h1-4,6-9,16-17,19,27,39H,5,10,13-15,18H2,(H,36,37,40). The van der Waals surface area contributed by atoms with Gasteiger partial charge >= 0.3 is 6.18 Å². The molecule has 214 valence electrons. The normalized spacial score (nSPS) is 16.5. The minimum absolute atomic E-state index is 0.0853. The first-order chi connectivity index (χ1) is 20.1. The average molecular weight is 590 g/mol. The van der Waals surface area contributed by atoms with Crippen molar-refractivity contribution in [2.24, 2.45) is 0 Å². The van der Waals surface area contributed by atoms with Gasteiger partial charge in [-0.2, -0.15) is 13.2 Å². The molecule has 4 aromatic rings. The summed E-state index contributed by atoms with van der Waals surface area (Å²) in [5, 5.41) is 12.7. The van der Waals surface area contributed by atoms with Gasteiger partial charge in [0.25, 0.3) is 11.5 Å². The Kier molecular flexibility index (Phi) is 7.25. The van der Waals surface area contributed by atoms with Crippen LogP contribution in [0.2, 0.25) is 0 Å². The third-order valence-corrected chi connectivity index (χ3v) is 8.90. The Morgan fingerprint density at radius 2 is 1.83 bits per heavy atom. The van der Waals surface area contributed by atoms with Crippen LogP contribution < -0.4 is 5.56 Å². The van der Waals surface area contributed by atoms with Gasteiger partial charge in [-0.05, 0) is 61.6 Å². The van der Waals surface area contributed by atoms with Gasteiger partial charge in [0.1, 0.15) is 5.82 Å². The first kappa shape index (κ1) is 27.9. The minimum Gasteiger partial charge on any atom is -0.378 e. The number of thiophene rings is 1. The molecule has 2 aromatic carbocycles. The number of nitrogens with one attached hydrogen (secondary N) is 1. The maximum atomic E-state index is 13.3. The third kappa shape index (κ3) is 5.50. The molecule has 42 heavy (non-hydrogen) atoms. The van der Waals surface area contributed by atoms with E-state index in [0.29, 0.717) is 29.9 Å². The Morgan fingerprint density at radius 1 is 1.07 bits per heavy atom. The summed E-state index contributed by atoms with van der Waals surface area (Å²) in [6, 6.07) is 15.9. The van der Waals surface area contributed by atoms with Crippen molar-refractivity contribution < 1.29 is 23.1 Å². The third-order valence-electron chi connectivity index (χ3n) is 7.77. The van der Waals surface area contributed by atoms with Crippen LogP contribution in [0.5, 0.6) is 0 Å². The number of benzene rings is 2. The molecular formula is C32H26F3N3O3S. The van der Waals surface area contributed by atoms with Gasteiger partial charge in [-0.15, -0.1) is 11.3 Å². The van der Waals surface area contributed by atoms with Crippen LogP contribution in [-0.2, 0) is 29.4 Å². The first-order valence-corrected chi connectivity index (χ1v) is 14.4. The molecule has 1 saturated carbocycles. The van der Waals surface area contributed by atoms with Gasteiger partial charge in [0, 0.05) is 27.9 Å². The SMILES string of the molecule is O=C(C(O)c1cccc(C(F)(F)F)c1)N1CCCc2nc(C3(c4cc(C#Cc5ccccc5)cs4)CC3)[nH]c(=O)c2C1. The maximum absolute atomic E-state index is 13.3. The number of rotatable bonds is 4. The molecule has 1 fully saturated rings. The van der Waals surface area contributed by atoms with Gasteiger partial charge in [0.15, 0.2) is 6.10 Å². The second-order valence-electron chi connectivity index (χ2n) is 10.6. The molecule has 2 N–H and O–H groups in total. The van der Waals surface area contributed by atoms with E-state index in [9.17, 15) is 27.9 Å². The van der Waals surface area contributed by atoms with Crippen LogP contribution in [0.25, 0.3) is 0 Å². The van der Waals surface area contributed by atoms with Crippen molar-refractivity contribution in [2.75, 3.05) is 6.54 Å². The highest BCUT2D eigenvalue weighted by Gasteiger charge is 2.50. The van der Waals surface area contributed by atoms with Crippen molar-refractivity contribution in [3.63, 3.8) is 0 Å². The molecule has 2 aliphatic rings. The smallest absolute Gasteiger partial charge is 0.378 e. The molecule has 10 heteroatoms. The quantitative estimate of drug-likeness (QED) is 0.315. The van der Waals surface area contributed by atoms with Gasteiger partial charge < -0.3 is 15.0 Å². The largest absolute Gasteiger partial charge is 0.416 e. The molecule has 2 aromatic heterocycles. The summed E-state index contributed by atoms with van der Waals surface area (Å²) >= 11 is 1.59. The highest BCUT2D eigenvalue weighted by molar-refractivity contribution is 7.10. The molecule has 1 unspecified atom stereocenters. The van der Waals surface area contributed by atoms with E-state index in [0.717, 1.165) is 47.0 Å². The Balaban J connectivity index is 1.22. The highest BCUT2D eigenvalue weighted by Crippen LogP contribution is 2.54.